The van der Waals surface area contributed by atoms with Crippen molar-refractivity contribution in [2.75, 3.05) is 5.32 Å². The third kappa shape index (κ3) is 2.38. The van der Waals surface area contributed by atoms with E-state index in [0.717, 1.165) is 5.56 Å². The number of nitrogens with two attached hydrogens (primary N) is 1. The van der Waals surface area contributed by atoms with Crippen LogP contribution in [0.4, 0.5) is 6.01 Å². The molecule has 0 spiro atoms. The highest BCUT2D eigenvalue weighted by molar-refractivity contribution is 5.28. The van der Waals surface area contributed by atoms with Gasteiger partial charge in [-0.25, -0.2) is 0 Å². The van der Waals surface area contributed by atoms with Crippen LogP contribution in [0, 0.1) is 0 Å². The van der Waals surface area contributed by atoms with Crippen molar-refractivity contribution in [3.05, 3.63) is 41.8 Å². The summed E-state index contributed by atoms with van der Waals surface area (Å²) in [4.78, 5) is 0. The lowest BCUT2D eigenvalue weighted by molar-refractivity contribution is 0.503. The molecule has 2 aromatic rings. The summed E-state index contributed by atoms with van der Waals surface area (Å²) < 4.78 is 5.27. The molecule has 5 heteroatoms. The van der Waals surface area contributed by atoms with E-state index in [2.05, 4.69) is 15.5 Å². The second-order valence-corrected chi connectivity index (χ2v) is 3.48. The van der Waals surface area contributed by atoms with E-state index in [1.54, 1.807) is 0 Å². The maximum atomic E-state index is 5.38. The van der Waals surface area contributed by atoms with Gasteiger partial charge < -0.3 is 15.5 Å². The average molecular weight is 218 g/mol. The second kappa shape index (κ2) is 4.76. The molecule has 0 bridgehead atoms. The maximum Gasteiger partial charge on any atom is 0.315 e. The first kappa shape index (κ1) is 10.6. The highest BCUT2D eigenvalue weighted by Gasteiger charge is 2.09. The van der Waals surface area contributed by atoms with E-state index in [4.69, 9.17) is 10.2 Å². The van der Waals surface area contributed by atoms with Gasteiger partial charge in [-0.1, -0.05) is 35.4 Å². The molecule has 0 saturated heterocycles. The van der Waals surface area contributed by atoms with Crippen molar-refractivity contribution < 1.29 is 4.42 Å². The van der Waals surface area contributed by atoms with Gasteiger partial charge in [-0.2, -0.15) is 0 Å². The lowest BCUT2D eigenvalue weighted by Crippen LogP contribution is -2.06. The fourth-order valence-corrected chi connectivity index (χ4v) is 1.40. The molecule has 0 aliphatic heterocycles. The molecule has 0 aliphatic rings. The normalized spacial score (nSPS) is 12.4. The number of hydrogen-bond acceptors (Lipinski definition) is 5. The summed E-state index contributed by atoms with van der Waals surface area (Å²) in [5.41, 5.74) is 6.54. The maximum absolute atomic E-state index is 5.38. The fourth-order valence-electron chi connectivity index (χ4n) is 1.40. The van der Waals surface area contributed by atoms with Crippen LogP contribution in [0.15, 0.2) is 34.7 Å². The van der Waals surface area contributed by atoms with E-state index >= 15 is 0 Å². The summed E-state index contributed by atoms with van der Waals surface area (Å²) >= 11 is 0. The largest absolute Gasteiger partial charge is 0.407 e. The van der Waals surface area contributed by atoms with E-state index < -0.39 is 0 Å². The number of hydrogen-bond donors (Lipinski definition) is 2. The van der Waals surface area contributed by atoms with Crippen LogP contribution in [0.25, 0.3) is 0 Å². The van der Waals surface area contributed by atoms with E-state index in [9.17, 15) is 0 Å². The van der Waals surface area contributed by atoms with Gasteiger partial charge in [-0.15, -0.1) is 5.10 Å². The van der Waals surface area contributed by atoms with Gasteiger partial charge in [0.25, 0.3) is 0 Å². The molecule has 84 valence electrons. The standard InChI is InChI=1S/C11H14N4O/c1-8(9-5-3-2-4-6-9)13-11-15-14-10(7-12)16-11/h2-6,8H,7,12H2,1H3,(H,13,15). The quantitative estimate of drug-likeness (QED) is 0.816. The number of aromatic nitrogens is 2. The van der Waals surface area contributed by atoms with Gasteiger partial charge in [0.05, 0.1) is 12.6 Å². The fraction of sp³-hybridized carbons (Fsp3) is 0.273. The van der Waals surface area contributed by atoms with Crippen molar-refractivity contribution in [1.29, 1.82) is 0 Å². The average Bonchev–Trinajstić information content (AvgIpc) is 2.78. The van der Waals surface area contributed by atoms with Crippen LogP contribution < -0.4 is 11.1 Å². The van der Waals surface area contributed by atoms with Crippen molar-refractivity contribution in [3.8, 4) is 0 Å². The first-order valence-electron chi connectivity index (χ1n) is 5.13. The first-order valence-corrected chi connectivity index (χ1v) is 5.13. The predicted molar refractivity (Wildman–Crippen MR) is 60.7 cm³/mol. The minimum Gasteiger partial charge on any atom is -0.407 e. The zero-order valence-corrected chi connectivity index (χ0v) is 9.05. The summed E-state index contributed by atoms with van der Waals surface area (Å²) in [5.74, 6) is 0.433. The highest BCUT2D eigenvalue weighted by atomic mass is 16.4. The Labute approximate surface area is 93.7 Å². The molecule has 1 heterocycles. The van der Waals surface area contributed by atoms with Crippen molar-refractivity contribution in [1.82, 2.24) is 10.2 Å². The van der Waals surface area contributed by atoms with Crippen LogP contribution in [0.5, 0.6) is 0 Å². The molecule has 3 N–H and O–H groups in total. The van der Waals surface area contributed by atoms with E-state index in [-0.39, 0.29) is 12.6 Å². The molecular formula is C11H14N4O. The molecule has 1 aromatic heterocycles. The van der Waals surface area contributed by atoms with Gasteiger partial charge in [0, 0.05) is 0 Å². The van der Waals surface area contributed by atoms with Crippen molar-refractivity contribution in [2.24, 2.45) is 5.73 Å². The van der Waals surface area contributed by atoms with Crippen LogP contribution in [-0.4, -0.2) is 10.2 Å². The molecule has 16 heavy (non-hydrogen) atoms. The summed E-state index contributed by atoms with van der Waals surface area (Å²) in [6.45, 7) is 2.29. The Morgan fingerprint density at radius 1 is 1.31 bits per heavy atom. The molecule has 0 fully saturated rings. The summed E-state index contributed by atoms with van der Waals surface area (Å²) in [5, 5.41) is 10.7. The zero-order valence-electron chi connectivity index (χ0n) is 9.05. The zero-order chi connectivity index (χ0) is 11.4. The minimum absolute atomic E-state index is 0.118. The second-order valence-electron chi connectivity index (χ2n) is 3.48. The lowest BCUT2D eigenvalue weighted by atomic mass is 10.1. The summed E-state index contributed by atoms with van der Waals surface area (Å²) in [6, 6.07) is 10.6. The molecule has 1 unspecified atom stereocenters. The number of anilines is 1. The van der Waals surface area contributed by atoms with Crippen molar-refractivity contribution in [3.63, 3.8) is 0 Å². The smallest absolute Gasteiger partial charge is 0.315 e. The Kier molecular flexibility index (Phi) is 3.16. The van der Waals surface area contributed by atoms with Crippen LogP contribution in [0.3, 0.4) is 0 Å². The lowest BCUT2D eigenvalue weighted by Gasteiger charge is -2.11. The molecule has 5 nitrogen and oxygen atoms in total. The van der Waals surface area contributed by atoms with Crippen LogP contribution in [-0.2, 0) is 6.54 Å². The number of nitrogens with one attached hydrogen (secondary N) is 1. The molecule has 0 amide bonds. The van der Waals surface area contributed by atoms with E-state index in [0.29, 0.717) is 11.9 Å². The predicted octanol–water partition coefficient (Wildman–Crippen LogP) is 1.70. The van der Waals surface area contributed by atoms with Gasteiger partial charge in [0.15, 0.2) is 0 Å². The Bertz CT molecular complexity index is 440. The van der Waals surface area contributed by atoms with Gasteiger partial charge in [-0.3, -0.25) is 0 Å². The van der Waals surface area contributed by atoms with Gasteiger partial charge in [0.1, 0.15) is 0 Å². The molecule has 1 atom stereocenters. The number of benzene rings is 1. The Morgan fingerprint density at radius 3 is 2.69 bits per heavy atom. The van der Waals surface area contributed by atoms with E-state index in [1.807, 2.05) is 37.3 Å². The van der Waals surface area contributed by atoms with Crippen molar-refractivity contribution in [2.45, 2.75) is 19.5 Å². The monoisotopic (exact) mass is 218 g/mol. The molecule has 0 radical (unpaired) electrons. The summed E-state index contributed by atoms with van der Waals surface area (Å²) in [6.07, 6.45) is 0. The highest BCUT2D eigenvalue weighted by Crippen LogP contribution is 2.17. The topological polar surface area (TPSA) is 77.0 Å². The van der Waals surface area contributed by atoms with Crippen LogP contribution in [0.2, 0.25) is 0 Å². The van der Waals surface area contributed by atoms with Gasteiger partial charge >= 0.3 is 6.01 Å². The van der Waals surface area contributed by atoms with Gasteiger partial charge in [0.2, 0.25) is 5.89 Å². The third-order valence-corrected chi connectivity index (χ3v) is 2.28. The van der Waals surface area contributed by atoms with Crippen LogP contribution in [0.1, 0.15) is 24.4 Å². The van der Waals surface area contributed by atoms with Gasteiger partial charge in [-0.05, 0) is 12.5 Å². The number of rotatable bonds is 4. The van der Waals surface area contributed by atoms with Crippen LogP contribution >= 0.6 is 0 Å². The number of nitrogens with zero attached hydrogens (tertiary/aromatic N) is 2. The van der Waals surface area contributed by atoms with Crippen molar-refractivity contribution >= 4 is 6.01 Å². The Morgan fingerprint density at radius 2 is 2.06 bits per heavy atom. The SMILES string of the molecule is CC(Nc1nnc(CN)o1)c1ccccc1. The molecule has 0 saturated carbocycles. The Balaban J connectivity index is 2.05. The van der Waals surface area contributed by atoms with E-state index in [1.165, 1.54) is 0 Å². The first-order chi connectivity index (χ1) is 7.79. The molecule has 2 rings (SSSR count). The Hall–Kier alpha value is -1.88. The summed E-state index contributed by atoms with van der Waals surface area (Å²) in [7, 11) is 0. The third-order valence-electron chi connectivity index (χ3n) is 2.28. The molecule has 1 aromatic carbocycles. The minimum atomic E-state index is 0.118. The molecule has 0 aliphatic carbocycles. The molecular weight excluding hydrogens is 204 g/mol.